The third-order valence-electron chi connectivity index (χ3n) is 11.9. The molecule has 0 spiro atoms. The lowest BCUT2D eigenvalue weighted by atomic mass is 9.96. The fourth-order valence-electron chi connectivity index (χ4n) is 8.61. The quantitative estimate of drug-likeness (QED) is 0.275. The molecule has 6 rings (SSSR count). The highest BCUT2D eigenvalue weighted by atomic mass is 16.6. The molecular formula is C48H78N6O5. The summed E-state index contributed by atoms with van der Waals surface area (Å²) in [7, 11) is 4.20. The number of ether oxygens (including phenoxy) is 2. The number of hydrogen-bond acceptors (Lipinski definition) is 9. The van der Waals surface area contributed by atoms with Gasteiger partial charge in [0.15, 0.2) is 6.29 Å². The highest BCUT2D eigenvalue weighted by Crippen LogP contribution is 2.30. The van der Waals surface area contributed by atoms with E-state index in [4.69, 9.17) is 9.47 Å². The van der Waals surface area contributed by atoms with Gasteiger partial charge in [0.25, 0.3) is 0 Å². The molecule has 330 valence electrons. The molecule has 4 saturated heterocycles. The first-order valence-electron chi connectivity index (χ1n) is 22.3. The van der Waals surface area contributed by atoms with Crippen molar-refractivity contribution in [2.75, 3.05) is 63.2 Å². The van der Waals surface area contributed by atoms with Gasteiger partial charge in [0, 0.05) is 86.9 Å². The van der Waals surface area contributed by atoms with E-state index in [0.717, 1.165) is 75.9 Å². The van der Waals surface area contributed by atoms with E-state index in [1.165, 1.54) is 61.2 Å². The van der Waals surface area contributed by atoms with Crippen molar-refractivity contribution < 1.29 is 23.9 Å². The number of carbonyl (C=O) groups is 3. The molecule has 4 heterocycles. The van der Waals surface area contributed by atoms with E-state index in [1.54, 1.807) is 0 Å². The Hall–Kier alpha value is -3.83. The van der Waals surface area contributed by atoms with Gasteiger partial charge in [-0.3, -0.25) is 9.69 Å². The lowest BCUT2D eigenvalue weighted by Gasteiger charge is -2.41. The second kappa shape index (κ2) is 21.6. The number of carbonyl (C=O) groups excluding carboxylic acids is 3. The molecule has 2 unspecified atom stereocenters. The average molecular weight is 819 g/mol. The minimum absolute atomic E-state index is 0.180. The number of benzene rings is 2. The standard InChI is InChI=1S/C24H39N3O2.C12H24N2O2.C12H15NO/c1-18-9-10-20(22(15-18)26-12-7-8-13-26)17-25(6)21-11-14-27(19(2)16-21)23(28)29-24(3,4)5;1-9-8-10(13-5)6-7-14(9)11(15)16-12(2,3)4;1-10-4-5-11(9-14)12(8-10)13-6-2-3-7-13/h9-10,15,19,21H,7-8,11-14,16-17H2,1-6H3;9-10,13H,6-8H2,1-5H3;4-5,8-9H,2-3,6-7H2,1H3/t19-,21?;9-,10?;/m00./s1. The second-order valence-electron chi connectivity index (χ2n) is 19.3. The van der Waals surface area contributed by atoms with E-state index >= 15 is 0 Å². The van der Waals surface area contributed by atoms with Crippen molar-refractivity contribution in [3.63, 3.8) is 0 Å². The third-order valence-corrected chi connectivity index (χ3v) is 11.9. The summed E-state index contributed by atoms with van der Waals surface area (Å²) < 4.78 is 11.0. The number of anilines is 2. The Morgan fingerprint density at radius 2 is 1.20 bits per heavy atom. The van der Waals surface area contributed by atoms with Gasteiger partial charge < -0.3 is 34.4 Å². The van der Waals surface area contributed by atoms with Crippen LogP contribution in [0.1, 0.15) is 134 Å². The molecule has 59 heavy (non-hydrogen) atoms. The van der Waals surface area contributed by atoms with Crippen LogP contribution >= 0.6 is 0 Å². The van der Waals surface area contributed by atoms with Gasteiger partial charge in [-0.1, -0.05) is 18.2 Å². The molecule has 0 bridgehead atoms. The molecule has 11 nitrogen and oxygen atoms in total. The van der Waals surface area contributed by atoms with Gasteiger partial charge in [0.1, 0.15) is 11.2 Å². The average Bonchev–Trinajstić information content (AvgIpc) is 3.90. The number of hydrogen-bond donors (Lipinski definition) is 1. The molecule has 0 aromatic heterocycles. The Labute approximate surface area is 357 Å². The van der Waals surface area contributed by atoms with Gasteiger partial charge >= 0.3 is 12.2 Å². The Bertz CT molecular complexity index is 1660. The van der Waals surface area contributed by atoms with Crippen LogP contribution in [-0.4, -0.2) is 122 Å². The lowest BCUT2D eigenvalue weighted by Crippen LogP contribution is -2.51. The van der Waals surface area contributed by atoms with E-state index in [9.17, 15) is 14.4 Å². The van der Waals surface area contributed by atoms with Crippen LogP contribution in [0.4, 0.5) is 21.0 Å². The van der Waals surface area contributed by atoms with Gasteiger partial charge in [0.2, 0.25) is 0 Å². The van der Waals surface area contributed by atoms with Gasteiger partial charge in [-0.2, -0.15) is 0 Å². The zero-order valence-corrected chi connectivity index (χ0v) is 38.7. The predicted molar refractivity (Wildman–Crippen MR) is 242 cm³/mol. The van der Waals surface area contributed by atoms with Crippen LogP contribution in [0, 0.1) is 13.8 Å². The molecule has 11 heteroatoms. The van der Waals surface area contributed by atoms with Crippen LogP contribution in [0.2, 0.25) is 0 Å². The largest absolute Gasteiger partial charge is 0.444 e. The molecule has 4 aliphatic rings. The normalized spacial score (nSPS) is 22.3. The van der Waals surface area contributed by atoms with Crippen molar-refractivity contribution in [3.8, 4) is 0 Å². The third kappa shape index (κ3) is 14.7. The number of rotatable bonds is 7. The maximum absolute atomic E-state index is 12.5. The molecule has 2 aromatic rings. The second-order valence-corrected chi connectivity index (χ2v) is 19.3. The molecule has 0 aliphatic carbocycles. The number of aryl methyl sites for hydroxylation is 2. The number of likely N-dealkylation sites (tertiary alicyclic amines) is 2. The summed E-state index contributed by atoms with van der Waals surface area (Å²) in [6.07, 6.45) is 9.64. The Kier molecular flexibility index (Phi) is 17.5. The van der Waals surface area contributed by atoms with Gasteiger partial charge in [-0.05, 0) is 170 Å². The van der Waals surface area contributed by atoms with E-state index in [-0.39, 0.29) is 24.3 Å². The highest BCUT2D eigenvalue weighted by Gasteiger charge is 2.34. The van der Waals surface area contributed by atoms with Gasteiger partial charge in [-0.25, -0.2) is 9.59 Å². The van der Waals surface area contributed by atoms with Crippen LogP contribution in [0.15, 0.2) is 36.4 Å². The molecule has 1 N–H and O–H groups in total. The minimum Gasteiger partial charge on any atom is -0.444 e. The summed E-state index contributed by atoms with van der Waals surface area (Å²) >= 11 is 0. The molecular weight excluding hydrogens is 741 g/mol. The fourth-order valence-corrected chi connectivity index (χ4v) is 8.61. The summed E-state index contributed by atoms with van der Waals surface area (Å²) in [6.45, 7) is 27.0. The zero-order chi connectivity index (χ0) is 43.5. The molecule has 2 aromatic carbocycles. The zero-order valence-electron chi connectivity index (χ0n) is 38.7. The number of nitrogens with one attached hydrogen (secondary N) is 1. The van der Waals surface area contributed by atoms with Crippen molar-refractivity contribution in [3.05, 3.63) is 58.7 Å². The van der Waals surface area contributed by atoms with Crippen molar-refractivity contribution in [2.24, 2.45) is 0 Å². The number of aldehydes is 1. The maximum Gasteiger partial charge on any atom is 0.410 e. The van der Waals surface area contributed by atoms with Crippen LogP contribution in [-0.2, 0) is 16.0 Å². The van der Waals surface area contributed by atoms with E-state index in [0.29, 0.717) is 12.1 Å². The smallest absolute Gasteiger partial charge is 0.410 e. The SMILES string of the molecule is CNC1CCN(C(=O)OC(C)(C)C)[C@@H](C)C1.Cc1ccc(C=O)c(N2CCCC2)c1.Cc1ccc(CN(C)C2CCN(C(=O)OC(C)(C)C)[C@@H](C)C2)c(N2CCCC2)c1. The maximum atomic E-state index is 12.5. The molecule has 0 saturated carbocycles. The summed E-state index contributed by atoms with van der Waals surface area (Å²) in [5.41, 5.74) is 6.46. The molecule has 4 atom stereocenters. The molecule has 4 fully saturated rings. The van der Waals surface area contributed by atoms with Crippen molar-refractivity contribution >= 4 is 29.8 Å². The Morgan fingerprint density at radius 1 is 0.729 bits per heavy atom. The molecule has 2 amide bonds. The van der Waals surface area contributed by atoms with E-state index < -0.39 is 11.2 Å². The van der Waals surface area contributed by atoms with Crippen LogP contribution < -0.4 is 15.1 Å². The first-order chi connectivity index (χ1) is 27.8. The Morgan fingerprint density at radius 3 is 1.68 bits per heavy atom. The molecule has 4 aliphatic heterocycles. The number of nitrogens with zero attached hydrogens (tertiary/aromatic N) is 5. The van der Waals surface area contributed by atoms with E-state index in [2.05, 4.69) is 79.0 Å². The van der Waals surface area contributed by atoms with Crippen molar-refractivity contribution in [2.45, 2.75) is 163 Å². The summed E-state index contributed by atoms with van der Waals surface area (Å²) in [5, 5.41) is 3.26. The first kappa shape index (κ1) is 47.8. The van der Waals surface area contributed by atoms with Crippen molar-refractivity contribution in [1.29, 1.82) is 0 Å². The van der Waals surface area contributed by atoms with Gasteiger partial charge in [-0.15, -0.1) is 0 Å². The summed E-state index contributed by atoms with van der Waals surface area (Å²) in [6, 6.07) is 14.3. The predicted octanol–water partition coefficient (Wildman–Crippen LogP) is 9.22. The number of amides is 2. The fraction of sp³-hybridized carbons (Fsp3) is 0.688. The number of piperidine rings is 2. The monoisotopic (exact) mass is 819 g/mol. The van der Waals surface area contributed by atoms with Crippen LogP contribution in [0.25, 0.3) is 0 Å². The Balaban J connectivity index is 0.000000216. The van der Waals surface area contributed by atoms with E-state index in [1.807, 2.05) is 70.5 Å². The molecule has 0 radical (unpaired) electrons. The topological polar surface area (TPSA) is 97.9 Å². The van der Waals surface area contributed by atoms with Crippen LogP contribution in [0.5, 0.6) is 0 Å². The van der Waals surface area contributed by atoms with Gasteiger partial charge in [0.05, 0.1) is 0 Å². The minimum atomic E-state index is -0.443. The first-order valence-corrected chi connectivity index (χ1v) is 22.3. The highest BCUT2D eigenvalue weighted by molar-refractivity contribution is 5.85. The van der Waals surface area contributed by atoms with Crippen molar-refractivity contribution in [1.82, 2.24) is 20.0 Å². The van der Waals surface area contributed by atoms with Crippen LogP contribution in [0.3, 0.4) is 0 Å². The summed E-state index contributed by atoms with van der Waals surface area (Å²) in [5.74, 6) is 0. The summed E-state index contributed by atoms with van der Waals surface area (Å²) in [4.78, 5) is 46.3. The lowest BCUT2D eigenvalue weighted by molar-refractivity contribution is 0.00263.